The van der Waals surface area contributed by atoms with Crippen molar-refractivity contribution in [2.75, 3.05) is 26.2 Å². The Bertz CT molecular complexity index is 1210. The number of para-hydroxylation sites is 1. The van der Waals surface area contributed by atoms with Crippen LogP contribution in [-0.4, -0.2) is 56.4 Å². The molecule has 0 saturated carbocycles. The van der Waals surface area contributed by atoms with Gasteiger partial charge in [0.1, 0.15) is 10.7 Å². The van der Waals surface area contributed by atoms with Crippen molar-refractivity contribution in [1.29, 1.82) is 0 Å². The Hall–Kier alpha value is -3.03. The number of aryl methyl sites for hydroxylation is 1. The van der Waals surface area contributed by atoms with Gasteiger partial charge in [0, 0.05) is 61.7 Å². The Labute approximate surface area is 192 Å². The van der Waals surface area contributed by atoms with Crippen LogP contribution in [0.3, 0.4) is 0 Å². The van der Waals surface area contributed by atoms with E-state index in [1.165, 1.54) is 10.9 Å². The van der Waals surface area contributed by atoms with Gasteiger partial charge >= 0.3 is 0 Å². The molecule has 32 heavy (non-hydrogen) atoms. The van der Waals surface area contributed by atoms with Crippen molar-refractivity contribution >= 4 is 28.1 Å². The summed E-state index contributed by atoms with van der Waals surface area (Å²) in [6.07, 6.45) is 2.88. The molecule has 4 aromatic rings. The second-order valence-electron chi connectivity index (χ2n) is 8.17. The second-order valence-corrected chi connectivity index (χ2v) is 9.03. The van der Waals surface area contributed by atoms with Gasteiger partial charge in [-0.25, -0.2) is 4.98 Å². The fourth-order valence-electron chi connectivity index (χ4n) is 4.33. The monoisotopic (exact) mass is 445 g/mol. The number of rotatable bonds is 6. The number of nitrogens with zero attached hydrogens (tertiary/aromatic N) is 5. The Balaban J connectivity index is 1.29. The zero-order valence-corrected chi connectivity index (χ0v) is 19.1. The molecule has 1 aromatic carbocycles. The Morgan fingerprint density at radius 2 is 1.88 bits per heavy atom. The van der Waals surface area contributed by atoms with Crippen LogP contribution in [0.4, 0.5) is 0 Å². The first-order valence-electron chi connectivity index (χ1n) is 11.2. The van der Waals surface area contributed by atoms with Gasteiger partial charge in [0.15, 0.2) is 0 Å². The summed E-state index contributed by atoms with van der Waals surface area (Å²) < 4.78 is 2.32. The molecule has 0 bridgehead atoms. The molecule has 1 aliphatic rings. The number of pyridine rings is 1. The molecule has 5 rings (SSSR count). The summed E-state index contributed by atoms with van der Waals surface area (Å²) in [6, 6.07) is 16.6. The van der Waals surface area contributed by atoms with Crippen LogP contribution in [0.1, 0.15) is 29.5 Å². The molecule has 1 aliphatic heterocycles. The summed E-state index contributed by atoms with van der Waals surface area (Å²) in [6.45, 7) is 7.08. The molecule has 6 nitrogen and oxygen atoms in total. The lowest BCUT2D eigenvalue weighted by molar-refractivity contribution is 0.0622. The number of fused-ring (bicyclic) bond motifs is 1. The fourth-order valence-corrected chi connectivity index (χ4v) is 5.15. The van der Waals surface area contributed by atoms with Gasteiger partial charge in [-0.2, -0.15) is 0 Å². The third kappa shape index (κ3) is 4.18. The first-order valence-corrected chi connectivity index (χ1v) is 12.1. The van der Waals surface area contributed by atoms with E-state index in [9.17, 15) is 4.79 Å². The lowest BCUT2D eigenvalue weighted by Crippen LogP contribution is -2.48. The number of amides is 1. The van der Waals surface area contributed by atoms with Gasteiger partial charge in [-0.3, -0.25) is 14.7 Å². The highest BCUT2D eigenvalue weighted by atomic mass is 32.1. The molecule has 0 atom stereocenters. The van der Waals surface area contributed by atoms with Gasteiger partial charge in [-0.1, -0.05) is 31.2 Å². The number of carbonyl (C=O) groups excluding carboxylic acids is 1. The Morgan fingerprint density at radius 3 is 2.66 bits per heavy atom. The van der Waals surface area contributed by atoms with E-state index in [4.69, 9.17) is 4.98 Å². The first-order chi connectivity index (χ1) is 15.7. The van der Waals surface area contributed by atoms with Crippen LogP contribution in [0.5, 0.6) is 0 Å². The van der Waals surface area contributed by atoms with E-state index in [2.05, 4.69) is 51.7 Å². The van der Waals surface area contributed by atoms with Crippen LogP contribution < -0.4 is 0 Å². The van der Waals surface area contributed by atoms with E-state index in [1.807, 2.05) is 34.7 Å². The van der Waals surface area contributed by atoms with Gasteiger partial charge in [0.05, 0.1) is 11.4 Å². The number of benzene rings is 1. The van der Waals surface area contributed by atoms with Crippen LogP contribution in [0, 0.1) is 0 Å². The normalized spacial score (nSPS) is 14.8. The van der Waals surface area contributed by atoms with E-state index in [-0.39, 0.29) is 5.91 Å². The lowest BCUT2D eigenvalue weighted by atomic mass is 10.2. The fraction of sp³-hybridized carbons (Fsp3) is 0.320. The molecule has 0 spiro atoms. The Kier molecular flexibility index (Phi) is 6.01. The molecule has 164 valence electrons. The minimum atomic E-state index is 0.0307. The summed E-state index contributed by atoms with van der Waals surface area (Å²) in [4.78, 5) is 26.6. The summed E-state index contributed by atoms with van der Waals surface area (Å²) in [5.41, 5.74) is 3.93. The molecular weight excluding hydrogens is 418 g/mol. The van der Waals surface area contributed by atoms with E-state index >= 15 is 0 Å². The highest BCUT2D eigenvalue weighted by Crippen LogP contribution is 2.31. The minimum Gasteiger partial charge on any atom is -0.339 e. The molecular formula is C25H27N5OS. The zero-order valence-electron chi connectivity index (χ0n) is 18.3. The second kappa shape index (κ2) is 9.22. The third-order valence-electron chi connectivity index (χ3n) is 5.97. The van der Waals surface area contributed by atoms with E-state index < -0.39 is 0 Å². The standard InChI is InChI=1S/C25H27N5OS/c1-2-11-30-22-9-4-3-7-19(22)16-23(30)24-27-21(18-32-24)25(31)29-14-12-28(13-15-29)17-20-8-5-6-10-26-20/h3-10,16,18H,2,11-15,17H2,1H3. The number of hydrogen-bond donors (Lipinski definition) is 0. The molecule has 4 heterocycles. The van der Waals surface area contributed by atoms with E-state index in [1.54, 1.807) is 11.3 Å². The van der Waals surface area contributed by atoms with Crippen molar-refractivity contribution < 1.29 is 4.79 Å². The third-order valence-corrected chi connectivity index (χ3v) is 6.84. The van der Waals surface area contributed by atoms with Gasteiger partial charge in [-0.05, 0) is 30.7 Å². The number of piperazine rings is 1. The highest BCUT2D eigenvalue weighted by molar-refractivity contribution is 7.13. The van der Waals surface area contributed by atoms with Gasteiger partial charge in [-0.15, -0.1) is 11.3 Å². The van der Waals surface area contributed by atoms with Crippen molar-refractivity contribution in [1.82, 2.24) is 24.3 Å². The highest BCUT2D eigenvalue weighted by Gasteiger charge is 2.25. The van der Waals surface area contributed by atoms with Crippen LogP contribution >= 0.6 is 11.3 Å². The van der Waals surface area contributed by atoms with E-state index in [0.29, 0.717) is 18.8 Å². The quantitative estimate of drug-likeness (QED) is 0.438. The largest absolute Gasteiger partial charge is 0.339 e. The average Bonchev–Trinajstić information content (AvgIpc) is 3.46. The van der Waals surface area contributed by atoms with E-state index in [0.717, 1.165) is 49.0 Å². The van der Waals surface area contributed by atoms with Crippen LogP contribution in [-0.2, 0) is 13.1 Å². The topological polar surface area (TPSA) is 54.3 Å². The smallest absolute Gasteiger partial charge is 0.273 e. The van der Waals surface area contributed by atoms with Crippen LogP contribution in [0.2, 0.25) is 0 Å². The zero-order chi connectivity index (χ0) is 21.9. The SMILES string of the molecule is CCCn1c(-c2nc(C(=O)N3CCN(Cc4ccccn4)CC3)cs2)cc2ccccc21. The molecule has 1 amide bonds. The van der Waals surface area contributed by atoms with Crippen molar-refractivity contribution in [3.05, 3.63) is 71.5 Å². The maximum absolute atomic E-state index is 13.1. The predicted molar refractivity (Wildman–Crippen MR) is 129 cm³/mol. The Morgan fingerprint density at radius 1 is 1.06 bits per heavy atom. The molecule has 0 aliphatic carbocycles. The number of aromatic nitrogens is 3. The molecule has 0 N–H and O–H groups in total. The summed E-state index contributed by atoms with van der Waals surface area (Å²) in [5.74, 6) is 0.0307. The molecule has 1 saturated heterocycles. The number of hydrogen-bond acceptors (Lipinski definition) is 5. The van der Waals surface area contributed by atoms with Crippen molar-refractivity contribution in [3.63, 3.8) is 0 Å². The number of carbonyl (C=O) groups is 1. The minimum absolute atomic E-state index is 0.0307. The van der Waals surface area contributed by atoms with Gasteiger partial charge in [0.25, 0.3) is 5.91 Å². The summed E-state index contributed by atoms with van der Waals surface area (Å²) in [5, 5.41) is 4.03. The summed E-state index contributed by atoms with van der Waals surface area (Å²) >= 11 is 1.55. The maximum atomic E-state index is 13.1. The van der Waals surface area contributed by atoms with Crippen molar-refractivity contribution in [2.45, 2.75) is 26.4 Å². The lowest BCUT2D eigenvalue weighted by Gasteiger charge is -2.34. The predicted octanol–water partition coefficient (Wildman–Crippen LogP) is 4.53. The average molecular weight is 446 g/mol. The van der Waals surface area contributed by atoms with Crippen LogP contribution in [0.25, 0.3) is 21.6 Å². The van der Waals surface area contributed by atoms with Gasteiger partial charge in [0.2, 0.25) is 0 Å². The first kappa shape index (κ1) is 20.8. The number of thiazole rings is 1. The molecule has 0 radical (unpaired) electrons. The van der Waals surface area contributed by atoms with Crippen molar-refractivity contribution in [3.8, 4) is 10.7 Å². The van der Waals surface area contributed by atoms with Crippen LogP contribution in [0.15, 0.2) is 60.1 Å². The van der Waals surface area contributed by atoms with Crippen molar-refractivity contribution in [2.24, 2.45) is 0 Å². The molecule has 0 unspecified atom stereocenters. The summed E-state index contributed by atoms with van der Waals surface area (Å²) in [7, 11) is 0. The molecule has 7 heteroatoms. The maximum Gasteiger partial charge on any atom is 0.273 e. The van der Waals surface area contributed by atoms with Gasteiger partial charge < -0.3 is 9.47 Å². The molecule has 1 fully saturated rings. The molecule has 3 aromatic heterocycles.